The van der Waals surface area contributed by atoms with Crippen LogP contribution in [0, 0.1) is 18.6 Å². The number of hydrogen-bond acceptors (Lipinski definition) is 4. The topological polar surface area (TPSA) is 69.9 Å². The maximum atomic E-state index is 13.7. The van der Waals surface area contributed by atoms with Crippen LogP contribution in [-0.4, -0.2) is 35.1 Å². The Hall–Kier alpha value is -1.80. The quantitative estimate of drug-likeness (QED) is 0.476. The van der Waals surface area contributed by atoms with Crippen LogP contribution in [0.5, 0.6) is 0 Å². The van der Waals surface area contributed by atoms with Crippen molar-refractivity contribution in [2.75, 3.05) is 13.7 Å². The minimum Gasteiger partial charge on any atom is -0.510 e. The van der Waals surface area contributed by atoms with Crippen molar-refractivity contribution < 1.29 is 28.8 Å². The van der Waals surface area contributed by atoms with Crippen molar-refractivity contribution in [2.45, 2.75) is 19.1 Å². The lowest BCUT2D eigenvalue weighted by Gasteiger charge is -2.23. The van der Waals surface area contributed by atoms with Crippen molar-refractivity contribution in [3.05, 3.63) is 69.4 Å². The summed E-state index contributed by atoms with van der Waals surface area (Å²) in [7, 11) is 1.33. The van der Waals surface area contributed by atoms with Gasteiger partial charge in [0.15, 0.2) is 0 Å². The van der Waals surface area contributed by atoms with Crippen LogP contribution in [0.4, 0.5) is 8.78 Å². The standard InChI is InChI=1S/C19H19BrF2O4/c1-10-7-11(12-8-14(21)17(20)15(22)9-12)3-4-13(10)18(25)19(26-2)16(24)5-6-23/h3-5,7-9,18-19,23-25H,6H2,1-2H3/b16-5-. The fourth-order valence-electron chi connectivity index (χ4n) is 2.69. The van der Waals surface area contributed by atoms with Gasteiger partial charge in [0.25, 0.3) is 0 Å². The normalized spacial score (nSPS) is 14.3. The summed E-state index contributed by atoms with van der Waals surface area (Å²) >= 11 is 2.84. The summed E-state index contributed by atoms with van der Waals surface area (Å²) in [4.78, 5) is 0. The molecule has 7 heteroatoms. The summed E-state index contributed by atoms with van der Waals surface area (Å²) in [5, 5.41) is 29.3. The van der Waals surface area contributed by atoms with E-state index >= 15 is 0 Å². The first kappa shape index (κ1) is 20.5. The van der Waals surface area contributed by atoms with Crippen LogP contribution in [0.25, 0.3) is 11.1 Å². The number of hydrogen-bond donors (Lipinski definition) is 3. The van der Waals surface area contributed by atoms with Crippen molar-refractivity contribution in [3.63, 3.8) is 0 Å². The Morgan fingerprint density at radius 3 is 2.31 bits per heavy atom. The monoisotopic (exact) mass is 428 g/mol. The van der Waals surface area contributed by atoms with Gasteiger partial charge in [0.1, 0.15) is 29.6 Å². The van der Waals surface area contributed by atoms with Gasteiger partial charge in [-0.1, -0.05) is 18.2 Å². The molecule has 2 unspecified atom stereocenters. The maximum absolute atomic E-state index is 13.7. The largest absolute Gasteiger partial charge is 0.510 e. The summed E-state index contributed by atoms with van der Waals surface area (Å²) < 4.78 is 32.4. The molecule has 0 fully saturated rings. The Balaban J connectivity index is 2.39. The molecule has 2 aromatic rings. The third-order valence-electron chi connectivity index (χ3n) is 4.04. The van der Waals surface area contributed by atoms with E-state index in [-0.39, 0.29) is 10.2 Å². The van der Waals surface area contributed by atoms with Crippen molar-refractivity contribution in [1.29, 1.82) is 0 Å². The van der Waals surface area contributed by atoms with Crippen LogP contribution in [0.1, 0.15) is 17.2 Å². The number of aryl methyl sites for hydroxylation is 1. The zero-order chi connectivity index (χ0) is 19.4. The highest BCUT2D eigenvalue weighted by atomic mass is 79.9. The molecule has 2 rings (SSSR count). The molecule has 0 bridgehead atoms. The first-order valence-electron chi connectivity index (χ1n) is 7.76. The fourth-order valence-corrected chi connectivity index (χ4v) is 2.92. The van der Waals surface area contributed by atoms with Gasteiger partial charge in [-0.25, -0.2) is 8.78 Å². The third kappa shape index (κ3) is 4.29. The average molecular weight is 429 g/mol. The van der Waals surface area contributed by atoms with Gasteiger partial charge in [-0.15, -0.1) is 0 Å². The molecule has 140 valence electrons. The fraction of sp³-hybridized carbons (Fsp3) is 0.263. The van der Waals surface area contributed by atoms with Gasteiger partial charge in [0, 0.05) is 7.11 Å². The number of rotatable bonds is 6. The van der Waals surface area contributed by atoms with E-state index in [2.05, 4.69) is 15.9 Å². The van der Waals surface area contributed by atoms with Crippen LogP contribution >= 0.6 is 15.9 Å². The lowest BCUT2D eigenvalue weighted by atomic mass is 9.94. The summed E-state index contributed by atoms with van der Waals surface area (Å²) in [5.41, 5.74) is 2.07. The molecule has 0 aliphatic rings. The Bertz CT molecular complexity index is 800. The second-order valence-electron chi connectivity index (χ2n) is 5.74. The van der Waals surface area contributed by atoms with E-state index in [9.17, 15) is 19.0 Å². The molecular weight excluding hydrogens is 410 g/mol. The van der Waals surface area contributed by atoms with Crippen molar-refractivity contribution >= 4 is 15.9 Å². The van der Waals surface area contributed by atoms with Crippen LogP contribution in [0.2, 0.25) is 0 Å². The minimum atomic E-state index is -1.18. The highest BCUT2D eigenvalue weighted by molar-refractivity contribution is 9.10. The SMILES string of the molecule is COC(/C(O)=C/CO)C(O)c1ccc(-c2cc(F)c(Br)c(F)c2)cc1C. The predicted octanol–water partition coefficient (Wildman–Crippen LogP) is 4.19. The van der Waals surface area contributed by atoms with E-state index in [0.29, 0.717) is 22.3 Å². The van der Waals surface area contributed by atoms with Gasteiger partial charge in [-0.2, -0.15) is 0 Å². The zero-order valence-corrected chi connectivity index (χ0v) is 15.8. The minimum absolute atomic E-state index is 0.223. The molecule has 0 spiro atoms. The van der Waals surface area contributed by atoms with E-state index in [1.807, 2.05) is 0 Å². The molecule has 0 saturated heterocycles. The first-order valence-corrected chi connectivity index (χ1v) is 8.55. The number of methoxy groups -OCH3 is 1. The summed E-state index contributed by atoms with van der Waals surface area (Å²) in [5.74, 6) is -1.71. The second kappa shape index (κ2) is 8.73. The number of aliphatic hydroxyl groups is 3. The molecular formula is C19H19BrF2O4. The smallest absolute Gasteiger partial charge is 0.143 e. The average Bonchev–Trinajstić information content (AvgIpc) is 2.59. The van der Waals surface area contributed by atoms with E-state index < -0.39 is 30.4 Å². The van der Waals surface area contributed by atoms with Crippen molar-refractivity contribution in [3.8, 4) is 11.1 Å². The van der Waals surface area contributed by atoms with Crippen molar-refractivity contribution in [1.82, 2.24) is 0 Å². The van der Waals surface area contributed by atoms with Gasteiger partial charge in [0.2, 0.25) is 0 Å². The van der Waals surface area contributed by atoms with Crippen LogP contribution in [0.3, 0.4) is 0 Å². The lowest BCUT2D eigenvalue weighted by molar-refractivity contribution is -0.0134. The Kier molecular flexibility index (Phi) is 6.88. The Labute approximate surface area is 158 Å². The zero-order valence-electron chi connectivity index (χ0n) is 14.2. The first-order chi connectivity index (χ1) is 12.3. The van der Waals surface area contributed by atoms with E-state index in [4.69, 9.17) is 9.84 Å². The summed E-state index contributed by atoms with van der Waals surface area (Å²) in [6.07, 6.45) is -1.10. The molecule has 0 aromatic heterocycles. The second-order valence-corrected chi connectivity index (χ2v) is 6.53. The molecule has 0 radical (unpaired) electrons. The molecule has 2 atom stereocenters. The number of ether oxygens (including phenoxy) is 1. The van der Waals surface area contributed by atoms with Crippen LogP contribution < -0.4 is 0 Å². The number of aliphatic hydroxyl groups excluding tert-OH is 3. The van der Waals surface area contributed by atoms with Crippen LogP contribution in [-0.2, 0) is 4.74 Å². The maximum Gasteiger partial charge on any atom is 0.143 e. The molecule has 0 aliphatic carbocycles. The number of halogens is 3. The lowest BCUT2D eigenvalue weighted by Crippen LogP contribution is -2.24. The van der Waals surface area contributed by atoms with Gasteiger partial charge in [0.05, 0.1) is 11.1 Å². The molecule has 0 heterocycles. The molecule has 0 amide bonds. The molecule has 2 aromatic carbocycles. The van der Waals surface area contributed by atoms with Crippen LogP contribution in [0.15, 0.2) is 46.6 Å². The third-order valence-corrected chi connectivity index (χ3v) is 4.80. The predicted molar refractivity (Wildman–Crippen MR) is 97.8 cm³/mol. The van der Waals surface area contributed by atoms with E-state index in [1.165, 1.54) is 19.2 Å². The van der Waals surface area contributed by atoms with Gasteiger partial charge >= 0.3 is 0 Å². The molecule has 0 saturated carbocycles. The highest BCUT2D eigenvalue weighted by Crippen LogP contribution is 2.31. The van der Waals surface area contributed by atoms with Gasteiger partial charge in [-0.05, 0) is 63.3 Å². The summed E-state index contributed by atoms with van der Waals surface area (Å²) in [6.45, 7) is 1.34. The van der Waals surface area contributed by atoms with Crippen molar-refractivity contribution in [2.24, 2.45) is 0 Å². The van der Waals surface area contributed by atoms with Gasteiger partial charge < -0.3 is 20.1 Å². The Morgan fingerprint density at radius 2 is 1.81 bits per heavy atom. The van der Waals surface area contributed by atoms with E-state index in [0.717, 1.165) is 6.08 Å². The molecule has 26 heavy (non-hydrogen) atoms. The van der Waals surface area contributed by atoms with Gasteiger partial charge in [-0.3, -0.25) is 0 Å². The molecule has 3 N–H and O–H groups in total. The molecule has 4 nitrogen and oxygen atoms in total. The highest BCUT2D eigenvalue weighted by Gasteiger charge is 2.26. The molecule has 0 aliphatic heterocycles. The number of benzene rings is 2. The Morgan fingerprint density at radius 1 is 1.19 bits per heavy atom. The van der Waals surface area contributed by atoms with E-state index in [1.54, 1.807) is 25.1 Å². The summed E-state index contributed by atoms with van der Waals surface area (Å²) in [6, 6.07) is 7.33.